The van der Waals surface area contributed by atoms with Gasteiger partial charge in [-0.1, -0.05) is 24.3 Å². The quantitative estimate of drug-likeness (QED) is 0.526. The van der Waals surface area contributed by atoms with Crippen LogP contribution < -0.4 is 0 Å². The summed E-state index contributed by atoms with van der Waals surface area (Å²) in [7, 11) is 0. The monoisotopic (exact) mass is 431 g/mol. The number of aromatic nitrogens is 3. The lowest BCUT2D eigenvalue weighted by Gasteiger charge is -2.20. The van der Waals surface area contributed by atoms with E-state index in [9.17, 15) is 22.0 Å². The fraction of sp³-hybridized carbons (Fsp3) is 0.176. The molecule has 0 atom stereocenters. The fourth-order valence-corrected chi connectivity index (χ4v) is 2.90. The molecule has 9 heteroatoms. The van der Waals surface area contributed by atoms with Gasteiger partial charge in [-0.15, -0.1) is 0 Å². The van der Waals surface area contributed by atoms with Crippen molar-refractivity contribution in [2.75, 3.05) is 0 Å². The minimum atomic E-state index is -5.63. The Hall–Kier alpha value is -2.29. The average Bonchev–Trinajstić information content (AvgIpc) is 3.10. The third-order valence-corrected chi connectivity index (χ3v) is 4.47. The highest BCUT2D eigenvalue weighted by atomic mass is 79.9. The van der Waals surface area contributed by atoms with Gasteiger partial charge in [0.05, 0.1) is 11.9 Å². The molecule has 0 amide bonds. The maximum Gasteiger partial charge on any atom is 0.458 e. The van der Waals surface area contributed by atoms with Crippen LogP contribution in [0.3, 0.4) is 0 Å². The van der Waals surface area contributed by atoms with E-state index < -0.39 is 17.7 Å². The van der Waals surface area contributed by atoms with Crippen LogP contribution in [0.15, 0.2) is 59.6 Å². The Balaban J connectivity index is 1.92. The van der Waals surface area contributed by atoms with Crippen molar-refractivity contribution in [2.45, 2.75) is 18.5 Å². The standard InChI is InChI=1S/C17H11BrF5N3/c18-14-9-24-10-15(26-7-1-6-25-26)13(14)8-11-2-4-12(5-3-11)16(19,20)17(21,22)23/h1-7,9-10H,8H2. The van der Waals surface area contributed by atoms with Crippen LogP contribution in [0.25, 0.3) is 5.69 Å². The first-order chi connectivity index (χ1) is 12.2. The average molecular weight is 432 g/mol. The molecular formula is C17H11BrF5N3. The first-order valence-electron chi connectivity index (χ1n) is 7.36. The molecule has 136 valence electrons. The maximum absolute atomic E-state index is 13.4. The topological polar surface area (TPSA) is 30.7 Å². The Kier molecular flexibility index (Phi) is 4.83. The Morgan fingerprint density at radius 3 is 2.27 bits per heavy atom. The molecule has 0 aliphatic rings. The predicted octanol–water partition coefficient (Wildman–Crippen LogP) is 5.27. The Bertz CT molecular complexity index is 890. The molecule has 26 heavy (non-hydrogen) atoms. The molecule has 2 aromatic heterocycles. The van der Waals surface area contributed by atoms with Gasteiger partial charge in [-0.2, -0.15) is 27.1 Å². The number of benzene rings is 1. The van der Waals surface area contributed by atoms with E-state index in [4.69, 9.17) is 0 Å². The van der Waals surface area contributed by atoms with Crippen LogP contribution in [0.4, 0.5) is 22.0 Å². The highest BCUT2D eigenvalue weighted by Gasteiger charge is 2.58. The number of pyridine rings is 1. The van der Waals surface area contributed by atoms with Gasteiger partial charge < -0.3 is 0 Å². The molecule has 0 unspecified atom stereocenters. The molecular weight excluding hydrogens is 421 g/mol. The van der Waals surface area contributed by atoms with Crippen LogP contribution in [0.5, 0.6) is 0 Å². The summed E-state index contributed by atoms with van der Waals surface area (Å²) in [5, 5.41) is 4.13. The number of nitrogens with zero attached hydrogens (tertiary/aromatic N) is 3. The molecule has 0 bridgehead atoms. The van der Waals surface area contributed by atoms with Crippen molar-refractivity contribution in [2.24, 2.45) is 0 Å². The Labute approximate surface area is 153 Å². The van der Waals surface area contributed by atoms with Crippen molar-refractivity contribution in [1.29, 1.82) is 0 Å². The second-order valence-corrected chi connectivity index (χ2v) is 6.37. The van der Waals surface area contributed by atoms with Crippen molar-refractivity contribution < 1.29 is 22.0 Å². The van der Waals surface area contributed by atoms with Crippen molar-refractivity contribution >= 4 is 15.9 Å². The van der Waals surface area contributed by atoms with Crippen LogP contribution in [-0.4, -0.2) is 20.9 Å². The van der Waals surface area contributed by atoms with Crippen molar-refractivity contribution in [3.63, 3.8) is 0 Å². The van der Waals surface area contributed by atoms with Gasteiger partial charge in [0.15, 0.2) is 0 Å². The number of alkyl halides is 5. The van der Waals surface area contributed by atoms with Gasteiger partial charge in [0.1, 0.15) is 0 Å². The Morgan fingerprint density at radius 2 is 1.69 bits per heavy atom. The molecule has 0 saturated heterocycles. The molecule has 1 aromatic carbocycles. The minimum Gasteiger partial charge on any atom is -0.261 e. The smallest absolute Gasteiger partial charge is 0.261 e. The van der Waals surface area contributed by atoms with Crippen LogP contribution in [0.1, 0.15) is 16.7 Å². The lowest BCUT2D eigenvalue weighted by atomic mass is 10.0. The number of hydrogen-bond donors (Lipinski definition) is 0. The largest absolute Gasteiger partial charge is 0.458 e. The molecule has 2 heterocycles. The zero-order valence-electron chi connectivity index (χ0n) is 13.0. The first kappa shape index (κ1) is 18.5. The zero-order chi connectivity index (χ0) is 18.9. The van der Waals surface area contributed by atoms with Gasteiger partial charge in [-0.05, 0) is 33.1 Å². The summed E-state index contributed by atoms with van der Waals surface area (Å²) in [6, 6.07) is 5.85. The van der Waals surface area contributed by atoms with Crippen molar-refractivity contribution in [3.05, 3.63) is 76.3 Å². The molecule has 3 nitrogen and oxygen atoms in total. The summed E-state index contributed by atoms with van der Waals surface area (Å²) in [6.07, 6.45) is 1.17. The second-order valence-electron chi connectivity index (χ2n) is 5.52. The van der Waals surface area contributed by atoms with Crippen molar-refractivity contribution in [3.8, 4) is 5.69 Å². The van der Waals surface area contributed by atoms with E-state index in [2.05, 4.69) is 26.0 Å². The van der Waals surface area contributed by atoms with Gasteiger partial charge >= 0.3 is 12.1 Å². The van der Waals surface area contributed by atoms with Crippen LogP contribution >= 0.6 is 15.9 Å². The van der Waals surface area contributed by atoms with E-state index in [-0.39, 0.29) is 0 Å². The summed E-state index contributed by atoms with van der Waals surface area (Å²) < 4.78 is 66.4. The third-order valence-electron chi connectivity index (χ3n) is 3.79. The van der Waals surface area contributed by atoms with E-state index in [1.807, 2.05) is 0 Å². The number of rotatable bonds is 4. The van der Waals surface area contributed by atoms with E-state index >= 15 is 0 Å². The van der Waals surface area contributed by atoms with Crippen LogP contribution in [-0.2, 0) is 12.3 Å². The van der Waals surface area contributed by atoms with E-state index in [0.29, 0.717) is 22.1 Å². The highest BCUT2D eigenvalue weighted by Crippen LogP contribution is 2.43. The third kappa shape index (κ3) is 3.48. The molecule has 0 fully saturated rings. The Morgan fingerprint density at radius 1 is 1.00 bits per heavy atom. The number of halogens is 6. The van der Waals surface area contributed by atoms with E-state index in [1.54, 1.807) is 35.5 Å². The fourth-order valence-electron chi connectivity index (χ4n) is 2.43. The van der Waals surface area contributed by atoms with E-state index in [1.165, 1.54) is 12.1 Å². The lowest BCUT2D eigenvalue weighted by molar-refractivity contribution is -0.289. The molecule has 0 aliphatic carbocycles. The molecule has 3 rings (SSSR count). The van der Waals surface area contributed by atoms with Crippen LogP contribution in [0.2, 0.25) is 0 Å². The van der Waals surface area contributed by atoms with Gasteiger partial charge in [-0.25, -0.2) is 4.68 Å². The van der Waals surface area contributed by atoms with Gasteiger partial charge in [0, 0.05) is 35.0 Å². The molecule has 0 aliphatic heterocycles. The van der Waals surface area contributed by atoms with Crippen LogP contribution in [0, 0.1) is 0 Å². The van der Waals surface area contributed by atoms with E-state index in [0.717, 1.165) is 17.7 Å². The summed E-state index contributed by atoms with van der Waals surface area (Å²) in [4.78, 5) is 4.08. The first-order valence-corrected chi connectivity index (χ1v) is 8.16. The van der Waals surface area contributed by atoms with Gasteiger partial charge in [0.2, 0.25) is 0 Å². The summed E-state index contributed by atoms with van der Waals surface area (Å²) in [5.74, 6) is -4.89. The zero-order valence-corrected chi connectivity index (χ0v) is 14.6. The predicted molar refractivity (Wildman–Crippen MR) is 88.3 cm³/mol. The normalized spacial score (nSPS) is 12.4. The van der Waals surface area contributed by atoms with Gasteiger partial charge in [-0.3, -0.25) is 4.98 Å². The van der Waals surface area contributed by atoms with Crippen molar-refractivity contribution in [1.82, 2.24) is 14.8 Å². The summed E-state index contributed by atoms with van der Waals surface area (Å²) >= 11 is 3.39. The molecule has 0 spiro atoms. The highest BCUT2D eigenvalue weighted by molar-refractivity contribution is 9.10. The molecule has 0 radical (unpaired) electrons. The molecule has 0 N–H and O–H groups in total. The minimum absolute atomic E-state index is 0.302. The molecule has 3 aromatic rings. The summed E-state index contributed by atoms with van der Waals surface area (Å²) in [6.45, 7) is 0. The summed E-state index contributed by atoms with van der Waals surface area (Å²) in [5.41, 5.74) is 0.940. The maximum atomic E-state index is 13.4. The second kappa shape index (κ2) is 6.79. The lowest BCUT2D eigenvalue weighted by Crippen LogP contribution is -2.33. The number of hydrogen-bond acceptors (Lipinski definition) is 2. The SMILES string of the molecule is FC(F)(F)C(F)(F)c1ccc(Cc2c(Br)cncc2-n2cccn2)cc1. The molecule has 0 saturated carbocycles. The van der Waals surface area contributed by atoms with Gasteiger partial charge in [0.25, 0.3) is 0 Å².